The highest BCUT2D eigenvalue weighted by Crippen LogP contribution is 2.21. The van der Waals surface area contributed by atoms with Gasteiger partial charge in [0.05, 0.1) is 12.7 Å². The van der Waals surface area contributed by atoms with E-state index in [1.165, 1.54) is 25.5 Å². The molecule has 2 saturated heterocycles. The molecule has 0 unspecified atom stereocenters. The molecule has 3 nitrogen and oxygen atoms in total. The predicted octanol–water partition coefficient (Wildman–Crippen LogP) is 2.55. The standard InChI is InChI=1S/C18H27FN2O/c1-15-14-20(10-11-22-15)8-9-21-7-3-6-18(21)13-16-4-2-5-17(19)12-16/h2,4-5,12,15,18H,3,6-11,13-14H2,1H3/t15-,18-/m1/s1. The summed E-state index contributed by atoms with van der Waals surface area (Å²) >= 11 is 0. The average Bonchev–Trinajstić information content (AvgIpc) is 2.92. The molecule has 2 atom stereocenters. The normalized spacial score (nSPS) is 27.4. The van der Waals surface area contributed by atoms with E-state index in [9.17, 15) is 4.39 Å². The van der Waals surface area contributed by atoms with E-state index in [0.717, 1.165) is 44.8 Å². The molecular formula is C18H27FN2O. The first-order valence-electron chi connectivity index (χ1n) is 8.53. The minimum Gasteiger partial charge on any atom is -0.376 e. The Morgan fingerprint density at radius 3 is 3.00 bits per heavy atom. The van der Waals surface area contributed by atoms with Crippen molar-refractivity contribution in [1.82, 2.24) is 9.80 Å². The van der Waals surface area contributed by atoms with Crippen LogP contribution in [0.25, 0.3) is 0 Å². The Hall–Kier alpha value is -0.970. The van der Waals surface area contributed by atoms with Crippen LogP contribution >= 0.6 is 0 Å². The van der Waals surface area contributed by atoms with Gasteiger partial charge in [0, 0.05) is 32.2 Å². The molecule has 0 radical (unpaired) electrons. The number of ether oxygens (including phenoxy) is 1. The number of benzene rings is 1. The van der Waals surface area contributed by atoms with Crippen LogP contribution in [0, 0.1) is 5.82 Å². The maximum atomic E-state index is 13.3. The van der Waals surface area contributed by atoms with Gasteiger partial charge < -0.3 is 4.74 Å². The highest BCUT2D eigenvalue weighted by atomic mass is 19.1. The van der Waals surface area contributed by atoms with Crippen LogP contribution in [0.4, 0.5) is 4.39 Å². The largest absolute Gasteiger partial charge is 0.376 e. The van der Waals surface area contributed by atoms with Crippen molar-refractivity contribution in [3.63, 3.8) is 0 Å². The van der Waals surface area contributed by atoms with Crippen LogP contribution in [0.5, 0.6) is 0 Å². The van der Waals surface area contributed by atoms with Crippen LogP contribution < -0.4 is 0 Å². The molecule has 2 aliphatic heterocycles. The molecule has 4 heteroatoms. The van der Waals surface area contributed by atoms with Crippen molar-refractivity contribution in [2.24, 2.45) is 0 Å². The second-order valence-corrected chi connectivity index (χ2v) is 6.65. The molecule has 0 spiro atoms. The topological polar surface area (TPSA) is 15.7 Å². The van der Waals surface area contributed by atoms with Crippen molar-refractivity contribution in [2.45, 2.75) is 38.3 Å². The number of likely N-dealkylation sites (tertiary alicyclic amines) is 1. The fraction of sp³-hybridized carbons (Fsp3) is 0.667. The third-order valence-electron chi connectivity index (χ3n) is 4.89. The molecule has 2 aliphatic rings. The minimum absolute atomic E-state index is 0.121. The van der Waals surface area contributed by atoms with Gasteiger partial charge in [0.1, 0.15) is 5.82 Å². The number of hydrogen-bond donors (Lipinski definition) is 0. The molecule has 3 rings (SSSR count). The molecule has 22 heavy (non-hydrogen) atoms. The minimum atomic E-state index is -0.121. The van der Waals surface area contributed by atoms with Gasteiger partial charge in [0.15, 0.2) is 0 Å². The van der Waals surface area contributed by atoms with Gasteiger partial charge in [-0.3, -0.25) is 9.80 Å². The highest BCUT2D eigenvalue weighted by molar-refractivity contribution is 5.17. The molecule has 0 aliphatic carbocycles. The molecular weight excluding hydrogens is 279 g/mol. The number of rotatable bonds is 5. The Morgan fingerprint density at radius 2 is 2.18 bits per heavy atom. The fourth-order valence-electron chi connectivity index (χ4n) is 3.72. The molecule has 122 valence electrons. The third-order valence-corrected chi connectivity index (χ3v) is 4.89. The van der Waals surface area contributed by atoms with Crippen molar-refractivity contribution in [2.75, 3.05) is 39.3 Å². The van der Waals surface area contributed by atoms with E-state index in [1.54, 1.807) is 6.07 Å². The average molecular weight is 306 g/mol. The molecule has 2 heterocycles. The number of nitrogens with zero attached hydrogens (tertiary/aromatic N) is 2. The first-order chi connectivity index (χ1) is 10.7. The maximum Gasteiger partial charge on any atom is 0.123 e. The van der Waals surface area contributed by atoms with Gasteiger partial charge >= 0.3 is 0 Å². The highest BCUT2D eigenvalue weighted by Gasteiger charge is 2.25. The summed E-state index contributed by atoms with van der Waals surface area (Å²) in [6.07, 6.45) is 3.82. The van der Waals surface area contributed by atoms with Crippen LogP contribution in [0.2, 0.25) is 0 Å². The Labute approximate surface area is 133 Å². The van der Waals surface area contributed by atoms with Crippen molar-refractivity contribution in [1.29, 1.82) is 0 Å². The van der Waals surface area contributed by atoms with Crippen LogP contribution in [-0.4, -0.2) is 61.3 Å². The zero-order valence-electron chi connectivity index (χ0n) is 13.5. The SMILES string of the molecule is C[C@@H]1CN(CCN2CCC[C@@H]2Cc2cccc(F)c2)CCO1. The summed E-state index contributed by atoms with van der Waals surface area (Å²) in [5.74, 6) is -0.121. The van der Waals surface area contributed by atoms with Gasteiger partial charge in [0.25, 0.3) is 0 Å². The molecule has 0 bridgehead atoms. The molecule has 1 aromatic rings. The molecule has 0 N–H and O–H groups in total. The summed E-state index contributed by atoms with van der Waals surface area (Å²) in [4.78, 5) is 5.09. The van der Waals surface area contributed by atoms with Crippen molar-refractivity contribution >= 4 is 0 Å². The number of halogens is 1. The second-order valence-electron chi connectivity index (χ2n) is 6.65. The summed E-state index contributed by atoms with van der Waals surface area (Å²) in [6, 6.07) is 7.64. The van der Waals surface area contributed by atoms with E-state index in [-0.39, 0.29) is 5.82 Å². The monoisotopic (exact) mass is 306 g/mol. The Kier molecular flexibility index (Phi) is 5.45. The number of hydrogen-bond acceptors (Lipinski definition) is 3. The predicted molar refractivity (Wildman–Crippen MR) is 86.6 cm³/mol. The van der Waals surface area contributed by atoms with E-state index < -0.39 is 0 Å². The zero-order chi connectivity index (χ0) is 15.4. The summed E-state index contributed by atoms with van der Waals surface area (Å²) < 4.78 is 18.9. The Balaban J connectivity index is 1.50. The lowest BCUT2D eigenvalue weighted by Gasteiger charge is -2.33. The molecule has 1 aromatic carbocycles. The second kappa shape index (κ2) is 7.53. The Morgan fingerprint density at radius 1 is 1.27 bits per heavy atom. The summed E-state index contributed by atoms with van der Waals surface area (Å²) in [5, 5.41) is 0. The fourth-order valence-corrected chi connectivity index (χ4v) is 3.72. The lowest BCUT2D eigenvalue weighted by molar-refractivity contribution is -0.0209. The first-order valence-corrected chi connectivity index (χ1v) is 8.53. The maximum absolute atomic E-state index is 13.3. The van der Waals surface area contributed by atoms with Gasteiger partial charge in [-0.2, -0.15) is 0 Å². The van der Waals surface area contributed by atoms with Gasteiger partial charge in [-0.05, 0) is 50.4 Å². The molecule has 0 amide bonds. The molecule has 0 aromatic heterocycles. The van der Waals surface area contributed by atoms with Gasteiger partial charge in [-0.15, -0.1) is 0 Å². The van der Waals surface area contributed by atoms with Crippen LogP contribution in [0.1, 0.15) is 25.3 Å². The van der Waals surface area contributed by atoms with Gasteiger partial charge in [-0.25, -0.2) is 4.39 Å². The van der Waals surface area contributed by atoms with Crippen molar-refractivity contribution < 1.29 is 9.13 Å². The Bertz CT molecular complexity index is 482. The van der Waals surface area contributed by atoms with Gasteiger partial charge in [-0.1, -0.05) is 12.1 Å². The summed E-state index contributed by atoms with van der Waals surface area (Å²) in [5.41, 5.74) is 1.12. The number of morpholine rings is 1. The third kappa shape index (κ3) is 4.28. The smallest absolute Gasteiger partial charge is 0.123 e. The van der Waals surface area contributed by atoms with Crippen molar-refractivity contribution in [3.05, 3.63) is 35.6 Å². The summed E-state index contributed by atoms with van der Waals surface area (Å²) in [7, 11) is 0. The van der Waals surface area contributed by atoms with Crippen molar-refractivity contribution in [3.8, 4) is 0 Å². The van der Waals surface area contributed by atoms with Crippen LogP contribution in [-0.2, 0) is 11.2 Å². The molecule has 2 fully saturated rings. The van der Waals surface area contributed by atoms with E-state index in [1.807, 2.05) is 12.1 Å². The van der Waals surface area contributed by atoms with Crippen LogP contribution in [0.3, 0.4) is 0 Å². The van der Waals surface area contributed by atoms with Gasteiger partial charge in [0.2, 0.25) is 0 Å². The van der Waals surface area contributed by atoms with E-state index >= 15 is 0 Å². The summed E-state index contributed by atoms with van der Waals surface area (Å²) in [6.45, 7) is 8.51. The van der Waals surface area contributed by atoms with E-state index in [2.05, 4.69) is 16.7 Å². The lowest BCUT2D eigenvalue weighted by atomic mass is 10.0. The zero-order valence-corrected chi connectivity index (χ0v) is 13.5. The lowest BCUT2D eigenvalue weighted by Crippen LogP contribution is -2.45. The first kappa shape index (κ1) is 15.9. The van der Waals surface area contributed by atoms with Crippen LogP contribution in [0.15, 0.2) is 24.3 Å². The van der Waals surface area contributed by atoms with E-state index in [0.29, 0.717) is 12.1 Å². The van der Waals surface area contributed by atoms with E-state index in [4.69, 9.17) is 4.74 Å². The molecule has 0 saturated carbocycles. The quantitative estimate of drug-likeness (QED) is 0.831.